The molecule has 1 amide bonds. The molecular weight excluding hydrogens is 418 g/mol. The lowest BCUT2D eigenvalue weighted by Gasteiger charge is -2.39. The number of hydrogen-bond acceptors (Lipinski definition) is 7. The van der Waals surface area contributed by atoms with Crippen molar-refractivity contribution in [2.45, 2.75) is 46.1 Å². The fourth-order valence-corrected chi connectivity index (χ4v) is 4.32. The van der Waals surface area contributed by atoms with Gasteiger partial charge in [-0.25, -0.2) is 9.67 Å². The van der Waals surface area contributed by atoms with E-state index in [1.54, 1.807) is 17.9 Å². The number of nitrogens with one attached hydrogen (secondary N) is 1. The number of thiophene rings is 1. The molecule has 1 aliphatic heterocycles. The molecule has 0 radical (unpaired) electrons. The molecule has 3 aromatic heterocycles. The van der Waals surface area contributed by atoms with E-state index < -0.39 is 5.60 Å². The van der Waals surface area contributed by atoms with Crippen molar-refractivity contribution in [3.05, 3.63) is 39.3 Å². The molecule has 0 aliphatic carbocycles. The van der Waals surface area contributed by atoms with Gasteiger partial charge >= 0.3 is 5.97 Å². The largest absolute Gasteiger partial charge is 0.460 e. The molecule has 0 unspecified atom stereocenters. The van der Waals surface area contributed by atoms with Gasteiger partial charge in [0.15, 0.2) is 0 Å². The van der Waals surface area contributed by atoms with Gasteiger partial charge in [-0.05, 0) is 51.5 Å². The second kappa shape index (κ2) is 7.92. The van der Waals surface area contributed by atoms with Crippen LogP contribution in [-0.4, -0.2) is 55.2 Å². The minimum absolute atomic E-state index is 0.115. The Bertz CT molecular complexity index is 1200. The first-order chi connectivity index (χ1) is 14.6. The van der Waals surface area contributed by atoms with Gasteiger partial charge in [0, 0.05) is 19.5 Å². The molecule has 1 aliphatic rings. The van der Waals surface area contributed by atoms with Crippen molar-refractivity contribution in [1.82, 2.24) is 24.6 Å². The Morgan fingerprint density at radius 3 is 2.77 bits per heavy atom. The summed E-state index contributed by atoms with van der Waals surface area (Å²) in [6, 6.07) is 1.78. The van der Waals surface area contributed by atoms with Gasteiger partial charge in [-0.1, -0.05) is 0 Å². The smallest absolute Gasteiger partial charge is 0.306 e. The molecule has 4 heterocycles. The lowest BCUT2D eigenvalue weighted by Crippen LogP contribution is -2.50. The molecule has 0 spiro atoms. The number of hydrogen-bond donors (Lipinski definition) is 1. The van der Waals surface area contributed by atoms with Crippen LogP contribution in [0.5, 0.6) is 0 Å². The zero-order chi connectivity index (χ0) is 22.3. The monoisotopic (exact) mass is 443 g/mol. The summed E-state index contributed by atoms with van der Waals surface area (Å²) in [5.41, 5.74) is 0.970. The van der Waals surface area contributed by atoms with Gasteiger partial charge in [-0.15, -0.1) is 11.3 Å². The molecule has 1 N–H and O–H groups in total. The first kappa shape index (κ1) is 21.2. The molecule has 164 valence electrons. The molecular formula is C21H25N5O4S. The van der Waals surface area contributed by atoms with Crippen molar-refractivity contribution in [1.29, 1.82) is 0 Å². The van der Waals surface area contributed by atoms with Crippen molar-refractivity contribution in [3.63, 3.8) is 0 Å². The van der Waals surface area contributed by atoms with Gasteiger partial charge < -0.3 is 9.64 Å². The van der Waals surface area contributed by atoms with Gasteiger partial charge in [0.1, 0.15) is 10.3 Å². The molecule has 0 aromatic carbocycles. The van der Waals surface area contributed by atoms with Crippen LogP contribution in [0.25, 0.3) is 16.2 Å². The summed E-state index contributed by atoms with van der Waals surface area (Å²) in [7, 11) is 0. The minimum atomic E-state index is -0.483. The van der Waals surface area contributed by atoms with Gasteiger partial charge in [0.05, 0.1) is 23.0 Å². The summed E-state index contributed by atoms with van der Waals surface area (Å²) in [5.74, 6) is 0.242. The van der Waals surface area contributed by atoms with Crippen LogP contribution < -0.4 is 5.56 Å². The molecule has 0 bridgehead atoms. The van der Waals surface area contributed by atoms with Crippen LogP contribution in [0.1, 0.15) is 49.7 Å². The molecule has 1 saturated heterocycles. The van der Waals surface area contributed by atoms with Crippen LogP contribution in [0, 0.1) is 12.8 Å². The Balaban J connectivity index is 1.39. The quantitative estimate of drug-likeness (QED) is 0.607. The minimum Gasteiger partial charge on any atom is -0.460 e. The standard InChI is InChI=1S/C21H25N5O4S/c1-12-14(9-22-26(12)20-23-15-7-8-31-17(15)18(28)24-20)19(29)25-10-13(11-25)5-6-16(27)30-21(2,3)4/h7-9,13H,5-6,10-11H2,1-4H3,(H,23,24,28). The third kappa shape index (κ3) is 4.39. The van der Waals surface area contributed by atoms with Gasteiger partial charge in [0.25, 0.3) is 11.5 Å². The fraction of sp³-hybridized carbons (Fsp3) is 0.476. The molecule has 31 heavy (non-hydrogen) atoms. The van der Waals surface area contributed by atoms with E-state index in [9.17, 15) is 14.4 Å². The Labute approximate surface area is 183 Å². The maximum Gasteiger partial charge on any atom is 0.306 e. The van der Waals surface area contributed by atoms with E-state index in [1.165, 1.54) is 22.2 Å². The van der Waals surface area contributed by atoms with Crippen LogP contribution in [0.2, 0.25) is 0 Å². The first-order valence-corrected chi connectivity index (χ1v) is 11.0. The zero-order valence-corrected chi connectivity index (χ0v) is 18.8. The van der Waals surface area contributed by atoms with Gasteiger partial charge in [-0.3, -0.25) is 19.4 Å². The van der Waals surface area contributed by atoms with E-state index in [2.05, 4.69) is 15.1 Å². The number of ether oxygens (including phenoxy) is 1. The van der Waals surface area contributed by atoms with Crippen molar-refractivity contribution >= 4 is 33.4 Å². The SMILES string of the molecule is Cc1c(C(=O)N2CC(CCC(=O)OC(C)(C)C)C2)cnn1-c1nc2ccsc2c(=O)[nH]1. The number of rotatable bonds is 5. The average molecular weight is 444 g/mol. The van der Waals surface area contributed by atoms with E-state index in [0.29, 0.717) is 47.4 Å². The predicted molar refractivity (Wildman–Crippen MR) is 117 cm³/mol. The number of nitrogens with zero attached hydrogens (tertiary/aromatic N) is 4. The summed E-state index contributed by atoms with van der Waals surface area (Å²) in [6.45, 7) is 8.52. The summed E-state index contributed by atoms with van der Waals surface area (Å²) in [6.07, 6.45) is 2.55. The maximum absolute atomic E-state index is 12.9. The number of carbonyl (C=O) groups is 2. The lowest BCUT2D eigenvalue weighted by atomic mass is 9.94. The third-order valence-corrected chi connectivity index (χ3v) is 6.07. The van der Waals surface area contributed by atoms with Crippen LogP contribution in [-0.2, 0) is 9.53 Å². The Kier molecular flexibility index (Phi) is 5.42. The highest BCUT2D eigenvalue weighted by Crippen LogP contribution is 2.25. The highest BCUT2D eigenvalue weighted by molar-refractivity contribution is 7.17. The van der Waals surface area contributed by atoms with Crippen LogP contribution in [0.15, 0.2) is 22.4 Å². The number of likely N-dealkylation sites (tertiary alicyclic amines) is 1. The maximum atomic E-state index is 12.9. The number of fused-ring (bicyclic) bond motifs is 1. The Morgan fingerprint density at radius 2 is 2.06 bits per heavy atom. The van der Waals surface area contributed by atoms with Crippen LogP contribution in [0.3, 0.4) is 0 Å². The zero-order valence-electron chi connectivity index (χ0n) is 18.0. The molecule has 10 heteroatoms. The van der Waals surface area contributed by atoms with Crippen molar-refractivity contribution in [3.8, 4) is 5.95 Å². The van der Waals surface area contributed by atoms with E-state index in [0.717, 1.165) is 0 Å². The number of amides is 1. The second-order valence-electron chi connectivity index (χ2n) is 8.78. The number of aromatic amines is 1. The number of esters is 1. The Hall–Kier alpha value is -3.01. The number of aromatic nitrogens is 4. The van der Waals surface area contributed by atoms with E-state index in [1.807, 2.05) is 26.2 Å². The van der Waals surface area contributed by atoms with Crippen molar-refractivity contribution in [2.75, 3.05) is 13.1 Å². The third-order valence-electron chi connectivity index (χ3n) is 5.16. The molecule has 3 aromatic rings. The van der Waals surface area contributed by atoms with E-state index >= 15 is 0 Å². The predicted octanol–water partition coefficient (Wildman–Crippen LogP) is 2.67. The summed E-state index contributed by atoms with van der Waals surface area (Å²) < 4.78 is 7.37. The summed E-state index contributed by atoms with van der Waals surface area (Å²) >= 11 is 1.33. The lowest BCUT2D eigenvalue weighted by molar-refractivity contribution is -0.155. The normalized spacial score (nSPS) is 14.6. The highest BCUT2D eigenvalue weighted by Gasteiger charge is 2.33. The van der Waals surface area contributed by atoms with E-state index in [-0.39, 0.29) is 29.3 Å². The molecule has 0 saturated carbocycles. The average Bonchev–Trinajstić information content (AvgIpc) is 3.25. The fourth-order valence-electron chi connectivity index (χ4n) is 3.60. The van der Waals surface area contributed by atoms with Crippen molar-refractivity contribution in [2.24, 2.45) is 5.92 Å². The van der Waals surface area contributed by atoms with E-state index in [4.69, 9.17) is 4.74 Å². The second-order valence-corrected chi connectivity index (χ2v) is 9.70. The van der Waals surface area contributed by atoms with Crippen LogP contribution >= 0.6 is 11.3 Å². The van der Waals surface area contributed by atoms with Gasteiger partial charge in [-0.2, -0.15) is 5.10 Å². The Morgan fingerprint density at radius 1 is 1.32 bits per heavy atom. The highest BCUT2D eigenvalue weighted by atomic mass is 32.1. The molecule has 4 rings (SSSR count). The molecule has 9 nitrogen and oxygen atoms in total. The molecule has 1 fully saturated rings. The summed E-state index contributed by atoms with van der Waals surface area (Å²) in [5, 5.41) is 6.08. The topological polar surface area (TPSA) is 110 Å². The van der Waals surface area contributed by atoms with Crippen molar-refractivity contribution < 1.29 is 14.3 Å². The number of carbonyl (C=O) groups excluding carboxylic acids is 2. The van der Waals surface area contributed by atoms with Crippen LogP contribution in [0.4, 0.5) is 0 Å². The summed E-state index contributed by atoms with van der Waals surface area (Å²) in [4.78, 5) is 45.9. The van der Waals surface area contributed by atoms with Gasteiger partial charge in [0.2, 0.25) is 5.95 Å². The first-order valence-electron chi connectivity index (χ1n) is 10.2. The number of H-pyrrole nitrogens is 1. The molecule has 0 atom stereocenters.